The average molecular weight is 296 g/mol. The molecular weight excluding hydrogens is 272 g/mol. The van der Waals surface area contributed by atoms with Crippen molar-refractivity contribution < 1.29 is 9.84 Å². The van der Waals surface area contributed by atoms with Crippen LogP contribution in [0.5, 0.6) is 0 Å². The average Bonchev–Trinajstić information content (AvgIpc) is 2.85. The fourth-order valence-corrected chi connectivity index (χ4v) is 4.48. The molecule has 1 aliphatic carbocycles. The van der Waals surface area contributed by atoms with Crippen LogP contribution >= 0.6 is 11.3 Å². The third-order valence-corrected chi connectivity index (χ3v) is 5.84. The van der Waals surface area contributed by atoms with Gasteiger partial charge in [-0.1, -0.05) is 0 Å². The van der Waals surface area contributed by atoms with Crippen LogP contribution in [0.1, 0.15) is 36.1 Å². The zero-order chi connectivity index (χ0) is 14.2. The highest BCUT2D eigenvalue weighted by molar-refractivity contribution is 7.11. The maximum Gasteiger partial charge on any atom is 0.0897 e. The van der Waals surface area contributed by atoms with Crippen molar-refractivity contribution in [1.29, 1.82) is 0 Å². The zero-order valence-electron chi connectivity index (χ0n) is 12.3. The van der Waals surface area contributed by atoms with Gasteiger partial charge in [0, 0.05) is 36.1 Å². The van der Waals surface area contributed by atoms with Crippen LogP contribution in [0.25, 0.3) is 0 Å². The highest BCUT2D eigenvalue weighted by Crippen LogP contribution is 2.51. The Balaban J connectivity index is 1.56. The smallest absolute Gasteiger partial charge is 0.0897 e. The Bertz CT molecular complexity index is 452. The molecule has 2 unspecified atom stereocenters. The molecule has 112 valence electrons. The van der Waals surface area contributed by atoms with E-state index in [4.69, 9.17) is 4.74 Å². The number of nitrogens with zero attached hydrogens (tertiary/aromatic N) is 2. The molecule has 1 saturated carbocycles. The van der Waals surface area contributed by atoms with E-state index in [1.807, 2.05) is 13.1 Å². The van der Waals surface area contributed by atoms with Crippen molar-refractivity contribution >= 4 is 11.3 Å². The standard InChI is InChI=1S/C15H24N2O2S/c1-3-19-14-8-13(18)15(14)4-6-17(7-5-15)10-12-9-16-11(2)20-12/h9,13-14,18H,3-8,10H2,1-2H3. The first kappa shape index (κ1) is 14.4. The summed E-state index contributed by atoms with van der Waals surface area (Å²) in [6, 6.07) is 0. The van der Waals surface area contributed by atoms with E-state index < -0.39 is 0 Å². The van der Waals surface area contributed by atoms with Gasteiger partial charge in [-0.05, 0) is 39.8 Å². The Labute approximate surface area is 124 Å². The van der Waals surface area contributed by atoms with Gasteiger partial charge < -0.3 is 9.84 Å². The van der Waals surface area contributed by atoms with Crippen LogP contribution in [-0.2, 0) is 11.3 Å². The lowest BCUT2D eigenvalue weighted by molar-refractivity contribution is -0.209. The largest absolute Gasteiger partial charge is 0.392 e. The Morgan fingerprint density at radius 1 is 1.50 bits per heavy atom. The van der Waals surface area contributed by atoms with Gasteiger partial charge in [-0.3, -0.25) is 4.90 Å². The third-order valence-electron chi connectivity index (χ3n) is 4.95. The Morgan fingerprint density at radius 3 is 2.80 bits per heavy atom. The molecule has 2 heterocycles. The lowest BCUT2D eigenvalue weighted by Gasteiger charge is -2.56. The molecule has 4 nitrogen and oxygen atoms in total. The van der Waals surface area contributed by atoms with Crippen LogP contribution in [0.2, 0.25) is 0 Å². The molecule has 1 N–H and O–H groups in total. The summed E-state index contributed by atoms with van der Waals surface area (Å²) in [5.74, 6) is 0. The summed E-state index contributed by atoms with van der Waals surface area (Å²) in [6.07, 6.45) is 5.03. The third kappa shape index (κ3) is 2.52. The highest BCUT2D eigenvalue weighted by Gasteiger charge is 2.55. The number of thiazole rings is 1. The number of piperidine rings is 1. The minimum atomic E-state index is -0.160. The molecule has 1 aliphatic heterocycles. The first-order valence-electron chi connectivity index (χ1n) is 7.57. The molecule has 5 heteroatoms. The number of hydrogen-bond donors (Lipinski definition) is 1. The normalized spacial score (nSPS) is 29.6. The van der Waals surface area contributed by atoms with Crippen LogP contribution in [-0.4, -0.2) is 46.9 Å². The van der Waals surface area contributed by atoms with Gasteiger partial charge in [-0.2, -0.15) is 0 Å². The van der Waals surface area contributed by atoms with E-state index in [9.17, 15) is 5.11 Å². The molecule has 20 heavy (non-hydrogen) atoms. The molecule has 2 atom stereocenters. The topological polar surface area (TPSA) is 45.6 Å². The summed E-state index contributed by atoms with van der Waals surface area (Å²) < 4.78 is 5.81. The van der Waals surface area contributed by atoms with E-state index in [2.05, 4.69) is 16.8 Å². The van der Waals surface area contributed by atoms with Crippen molar-refractivity contribution in [3.63, 3.8) is 0 Å². The van der Waals surface area contributed by atoms with Crippen molar-refractivity contribution in [3.8, 4) is 0 Å². The lowest BCUT2D eigenvalue weighted by Crippen LogP contribution is -2.62. The SMILES string of the molecule is CCOC1CC(O)C12CCN(Cc1cnc(C)s1)CC2. The number of aliphatic hydroxyl groups excluding tert-OH is 1. The fraction of sp³-hybridized carbons (Fsp3) is 0.800. The number of likely N-dealkylation sites (tertiary alicyclic amines) is 1. The van der Waals surface area contributed by atoms with E-state index in [1.54, 1.807) is 11.3 Å². The van der Waals surface area contributed by atoms with Crippen molar-refractivity contribution in [3.05, 3.63) is 16.1 Å². The van der Waals surface area contributed by atoms with Gasteiger partial charge in [-0.15, -0.1) is 11.3 Å². The predicted molar refractivity (Wildman–Crippen MR) is 79.8 cm³/mol. The number of aryl methyl sites for hydroxylation is 1. The molecule has 0 amide bonds. The number of ether oxygens (including phenoxy) is 1. The Hall–Kier alpha value is -0.490. The summed E-state index contributed by atoms with van der Waals surface area (Å²) in [7, 11) is 0. The second-order valence-corrected chi connectivity index (χ2v) is 7.37. The second-order valence-electron chi connectivity index (χ2n) is 6.05. The monoisotopic (exact) mass is 296 g/mol. The Kier molecular flexibility index (Phi) is 4.13. The summed E-state index contributed by atoms with van der Waals surface area (Å²) in [5, 5.41) is 11.3. The van der Waals surface area contributed by atoms with Gasteiger partial charge in [0.05, 0.1) is 17.2 Å². The predicted octanol–water partition coefficient (Wildman–Crippen LogP) is 2.20. The van der Waals surface area contributed by atoms with Crippen LogP contribution in [0.4, 0.5) is 0 Å². The van der Waals surface area contributed by atoms with Crippen LogP contribution < -0.4 is 0 Å². The lowest BCUT2D eigenvalue weighted by atomic mass is 9.58. The van der Waals surface area contributed by atoms with Crippen molar-refractivity contribution in [1.82, 2.24) is 9.88 Å². The zero-order valence-corrected chi connectivity index (χ0v) is 13.2. The van der Waals surface area contributed by atoms with Gasteiger partial charge in [0.25, 0.3) is 0 Å². The molecule has 1 aromatic rings. The molecule has 2 aliphatic rings. The molecule has 0 bridgehead atoms. The van der Waals surface area contributed by atoms with E-state index in [1.165, 1.54) is 4.88 Å². The Morgan fingerprint density at radius 2 is 2.25 bits per heavy atom. The second kappa shape index (κ2) is 5.72. The first-order valence-corrected chi connectivity index (χ1v) is 8.39. The van der Waals surface area contributed by atoms with Gasteiger partial charge >= 0.3 is 0 Å². The van der Waals surface area contributed by atoms with E-state index in [0.29, 0.717) is 0 Å². The summed E-state index contributed by atoms with van der Waals surface area (Å²) >= 11 is 1.78. The molecule has 1 saturated heterocycles. The van der Waals surface area contributed by atoms with E-state index >= 15 is 0 Å². The summed E-state index contributed by atoms with van der Waals surface area (Å²) in [6.45, 7) is 7.95. The van der Waals surface area contributed by atoms with Crippen LogP contribution in [0.15, 0.2) is 6.20 Å². The van der Waals surface area contributed by atoms with Gasteiger partial charge in [-0.25, -0.2) is 4.98 Å². The highest BCUT2D eigenvalue weighted by atomic mass is 32.1. The molecule has 0 aromatic carbocycles. The van der Waals surface area contributed by atoms with Gasteiger partial charge in [0.2, 0.25) is 0 Å². The number of aromatic nitrogens is 1. The van der Waals surface area contributed by atoms with Gasteiger partial charge in [0.15, 0.2) is 0 Å². The molecule has 3 rings (SSSR count). The fourth-order valence-electron chi connectivity index (χ4n) is 3.64. The number of rotatable bonds is 4. The summed E-state index contributed by atoms with van der Waals surface area (Å²) in [5.41, 5.74) is 0.0378. The quantitative estimate of drug-likeness (QED) is 0.925. The van der Waals surface area contributed by atoms with E-state index in [0.717, 1.165) is 50.5 Å². The van der Waals surface area contributed by atoms with Crippen LogP contribution in [0.3, 0.4) is 0 Å². The molecule has 1 spiro atoms. The van der Waals surface area contributed by atoms with Crippen LogP contribution in [0, 0.1) is 12.3 Å². The first-order chi connectivity index (χ1) is 9.64. The molecular formula is C15H24N2O2S. The number of aliphatic hydroxyl groups is 1. The van der Waals surface area contributed by atoms with Crippen molar-refractivity contribution in [2.45, 2.75) is 51.9 Å². The van der Waals surface area contributed by atoms with Crippen molar-refractivity contribution in [2.75, 3.05) is 19.7 Å². The molecule has 1 aromatic heterocycles. The minimum Gasteiger partial charge on any atom is -0.392 e. The van der Waals surface area contributed by atoms with Gasteiger partial charge in [0.1, 0.15) is 0 Å². The maximum atomic E-state index is 10.2. The van der Waals surface area contributed by atoms with E-state index in [-0.39, 0.29) is 17.6 Å². The maximum absolute atomic E-state index is 10.2. The minimum absolute atomic E-state index is 0.0378. The number of hydrogen-bond acceptors (Lipinski definition) is 5. The molecule has 0 radical (unpaired) electrons. The molecule has 2 fully saturated rings. The summed E-state index contributed by atoms with van der Waals surface area (Å²) in [4.78, 5) is 8.14. The van der Waals surface area contributed by atoms with Crippen molar-refractivity contribution in [2.24, 2.45) is 5.41 Å².